The zero-order valence-electron chi connectivity index (χ0n) is 9.70. The highest BCUT2D eigenvalue weighted by Crippen LogP contribution is 2.29. The van der Waals surface area contributed by atoms with Gasteiger partial charge in [0.25, 0.3) is 0 Å². The first-order chi connectivity index (χ1) is 6.38. The molecular formula is C10H20N4. The molecule has 1 atom stereocenters. The molecule has 4 nitrogen and oxygen atoms in total. The predicted molar refractivity (Wildman–Crippen MR) is 56.8 cm³/mol. The summed E-state index contributed by atoms with van der Waals surface area (Å²) in [5.74, 6) is 1.82. The quantitative estimate of drug-likeness (QED) is 0.782. The first-order valence-corrected chi connectivity index (χ1v) is 5.03. The Morgan fingerprint density at radius 2 is 1.93 bits per heavy atom. The number of rotatable bonds is 2. The molecule has 1 aromatic rings. The van der Waals surface area contributed by atoms with E-state index in [0.717, 1.165) is 18.2 Å². The molecule has 4 heteroatoms. The third kappa shape index (κ3) is 1.95. The van der Waals surface area contributed by atoms with Gasteiger partial charge in [0.05, 0.1) is 6.04 Å². The number of aromatic nitrogens is 3. The maximum atomic E-state index is 6.14. The molecule has 0 unspecified atom stereocenters. The molecule has 0 aromatic carbocycles. The van der Waals surface area contributed by atoms with Crippen LogP contribution in [0.1, 0.15) is 45.4 Å². The summed E-state index contributed by atoms with van der Waals surface area (Å²) in [6.45, 7) is 11.2. The van der Waals surface area contributed by atoms with E-state index in [4.69, 9.17) is 5.73 Å². The lowest BCUT2D eigenvalue weighted by molar-refractivity contribution is 0.307. The largest absolute Gasteiger partial charge is 0.321 e. The van der Waals surface area contributed by atoms with Crippen molar-refractivity contribution < 1.29 is 0 Å². The summed E-state index contributed by atoms with van der Waals surface area (Å²) < 4.78 is 2.07. The van der Waals surface area contributed by atoms with Crippen LogP contribution in [0.5, 0.6) is 0 Å². The van der Waals surface area contributed by atoms with Crippen molar-refractivity contribution in [3.8, 4) is 0 Å². The van der Waals surface area contributed by atoms with Crippen molar-refractivity contribution >= 4 is 0 Å². The normalized spacial score (nSPS) is 14.4. The Morgan fingerprint density at radius 1 is 1.36 bits per heavy atom. The fourth-order valence-electron chi connectivity index (χ4n) is 1.41. The minimum atomic E-state index is -0.0661. The third-order valence-corrected chi connectivity index (χ3v) is 2.49. The van der Waals surface area contributed by atoms with Crippen LogP contribution in [-0.2, 0) is 6.54 Å². The Hall–Kier alpha value is -0.900. The average molecular weight is 196 g/mol. The minimum absolute atomic E-state index is 0.0202. The van der Waals surface area contributed by atoms with E-state index in [1.165, 1.54) is 0 Å². The van der Waals surface area contributed by atoms with Gasteiger partial charge in [0.2, 0.25) is 0 Å². The molecule has 0 spiro atoms. The van der Waals surface area contributed by atoms with Gasteiger partial charge >= 0.3 is 0 Å². The van der Waals surface area contributed by atoms with Gasteiger partial charge in [-0.1, -0.05) is 20.8 Å². The molecule has 2 N–H and O–H groups in total. The van der Waals surface area contributed by atoms with Crippen LogP contribution in [0, 0.1) is 12.3 Å². The van der Waals surface area contributed by atoms with Crippen molar-refractivity contribution in [3.63, 3.8) is 0 Å². The Morgan fingerprint density at radius 3 is 2.36 bits per heavy atom. The van der Waals surface area contributed by atoms with E-state index in [2.05, 4.69) is 42.5 Å². The molecule has 0 fully saturated rings. The number of nitrogens with two attached hydrogens (primary N) is 1. The van der Waals surface area contributed by atoms with Gasteiger partial charge in [0, 0.05) is 6.54 Å². The van der Waals surface area contributed by atoms with E-state index < -0.39 is 0 Å². The van der Waals surface area contributed by atoms with Crippen molar-refractivity contribution in [1.82, 2.24) is 14.8 Å². The lowest BCUT2D eigenvalue weighted by Gasteiger charge is -2.26. The number of aryl methyl sites for hydroxylation is 1. The van der Waals surface area contributed by atoms with Crippen molar-refractivity contribution in [3.05, 3.63) is 11.6 Å². The molecule has 0 saturated heterocycles. The van der Waals surface area contributed by atoms with Crippen molar-refractivity contribution in [1.29, 1.82) is 0 Å². The zero-order chi connectivity index (χ0) is 10.9. The predicted octanol–water partition coefficient (Wildman–Crippen LogP) is 1.65. The summed E-state index contributed by atoms with van der Waals surface area (Å²) in [6.07, 6.45) is 0. The molecule has 0 aliphatic heterocycles. The molecule has 80 valence electrons. The number of nitrogens with zero attached hydrogens (tertiary/aromatic N) is 3. The van der Waals surface area contributed by atoms with E-state index in [0.29, 0.717) is 0 Å². The Balaban J connectivity index is 3.07. The first kappa shape index (κ1) is 11.2. The van der Waals surface area contributed by atoms with Gasteiger partial charge < -0.3 is 10.3 Å². The smallest absolute Gasteiger partial charge is 0.150 e. The molecule has 14 heavy (non-hydrogen) atoms. The molecule has 0 saturated carbocycles. The summed E-state index contributed by atoms with van der Waals surface area (Å²) in [5.41, 5.74) is 6.16. The summed E-state index contributed by atoms with van der Waals surface area (Å²) >= 11 is 0. The Bertz CT molecular complexity index is 308. The Labute approximate surface area is 85.5 Å². The standard InChI is InChI=1S/C10H20N4/c1-6-14-7(2)12-13-9(14)8(11)10(3,4)5/h8H,6,11H2,1-5H3/t8-/m1/s1. The molecule has 0 aliphatic carbocycles. The van der Waals surface area contributed by atoms with Gasteiger partial charge in [-0.15, -0.1) is 10.2 Å². The third-order valence-electron chi connectivity index (χ3n) is 2.49. The fraction of sp³-hybridized carbons (Fsp3) is 0.800. The van der Waals surface area contributed by atoms with Crippen molar-refractivity contribution in [2.75, 3.05) is 0 Å². The molecular weight excluding hydrogens is 176 g/mol. The summed E-state index contributed by atoms with van der Waals surface area (Å²) in [7, 11) is 0. The minimum Gasteiger partial charge on any atom is -0.321 e. The monoisotopic (exact) mass is 196 g/mol. The molecule has 0 amide bonds. The SMILES string of the molecule is CCn1c(C)nnc1[C@@H](N)C(C)(C)C. The highest BCUT2D eigenvalue weighted by atomic mass is 15.3. The Kier molecular flexibility index (Phi) is 2.95. The van der Waals surface area contributed by atoms with Crippen LogP contribution >= 0.6 is 0 Å². The van der Waals surface area contributed by atoms with E-state index in [-0.39, 0.29) is 11.5 Å². The summed E-state index contributed by atoms with van der Waals surface area (Å²) in [4.78, 5) is 0. The van der Waals surface area contributed by atoms with Gasteiger partial charge in [-0.2, -0.15) is 0 Å². The van der Waals surface area contributed by atoms with Crippen LogP contribution in [0.25, 0.3) is 0 Å². The summed E-state index contributed by atoms with van der Waals surface area (Å²) in [5, 5.41) is 8.20. The van der Waals surface area contributed by atoms with E-state index in [9.17, 15) is 0 Å². The van der Waals surface area contributed by atoms with Crippen LogP contribution < -0.4 is 5.73 Å². The molecule has 0 aliphatic rings. The van der Waals surface area contributed by atoms with Gasteiger partial charge in [-0.05, 0) is 19.3 Å². The molecule has 1 rings (SSSR count). The highest BCUT2D eigenvalue weighted by Gasteiger charge is 2.27. The van der Waals surface area contributed by atoms with E-state index in [1.54, 1.807) is 0 Å². The van der Waals surface area contributed by atoms with Gasteiger partial charge in [0.15, 0.2) is 5.82 Å². The number of hydrogen-bond donors (Lipinski definition) is 1. The van der Waals surface area contributed by atoms with Crippen LogP contribution in [0.2, 0.25) is 0 Å². The van der Waals surface area contributed by atoms with Gasteiger partial charge in [-0.3, -0.25) is 0 Å². The molecule has 0 radical (unpaired) electrons. The molecule has 0 bridgehead atoms. The van der Waals surface area contributed by atoms with Gasteiger partial charge in [-0.25, -0.2) is 0 Å². The maximum absolute atomic E-state index is 6.14. The van der Waals surface area contributed by atoms with Gasteiger partial charge in [0.1, 0.15) is 5.82 Å². The first-order valence-electron chi connectivity index (χ1n) is 5.03. The molecule has 1 aromatic heterocycles. The van der Waals surface area contributed by atoms with Crippen molar-refractivity contribution in [2.45, 2.75) is 47.2 Å². The second kappa shape index (κ2) is 3.69. The summed E-state index contributed by atoms with van der Waals surface area (Å²) in [6, 6.07) is -0.0661. The topological polar surface area (TPSA) is 56.7 Å². The highest BCUT2D eigenvalue weighted by molar-refractivity contribution is 5.02. The lowest BCUT2D eigenvalue weighted by atomic mass is 9.87. The van der Waals surface area contributed by atoms with Crippen LogP contribution in [-0.4, -0.2) is 14.8 Å². The second-order valence-corrected chi connectivity index (χ2v) is 4.69. The lowest BCUT2D eigenvalue weighted by Crippen LogP contribution is -2.29. The second-order valence-electron chi connectivity index (χ2n) is 4.69. The molecule has 1 heterocycles. The average Bonchev–Trinajstić information content (AvgIpc) is 2.43. The maximum Gasteiger partial charge on any atom is 0.150 e. The van der Waals surface area contributed by atoms with E-state index >= 15 is 0 Å². The fourth-order valence-corrected chi connectivity index (χ4v) is 1.41. The van der Waals surface area contributed by atoms with Crippen LogP contribution in [0.15, 0.2) is 0 Å². The van der Waals surface area contributed by atoms with Crippen LogP contribution in [0.3, 0.4) is 0 Å². The number of hydrogen-bond acceptors (Lipinski definition) is 3. The van der Waals surface area contributed by atoms with Crippen LogP contribution in [0.4, 0.5) is 0 Å². The van der Waals surface area contributed by atoms with E-state index in [1.807, 2.05) is 6.92 Å². The van der Waals surface area contributed by atoms with Crippen molar-refractivity contribution in [2.24, 2.45) is 11.1 Å². The zero-order valence-corrected chi connectivity index (χ0v) is 9.70.